The van der Waals surface area contributed by atoms with E-state index in [2.05, 4.69) is 10.00 Å². The highest BCUT2D eigenvalue weighted by Crippen LogP contribution is 2.41. The molecule has 23 heavy (non-hydrogen) atoms. The van der Waals surface area contributed by atoms with Gasteiger partial charge in [-0.1, -0.05) is 0 Å². The minimum Gasteiger partial charge on any atom is -0.396 e. The zero-order chi connectivity index (χ0) is 16.6. The smallest absolute Gasteiger partial charge is 0.333 e. The molecule has 3 heterocycles. The summed E-state index contributed by atoms with van der Waals surface area (Å²) in [7, 11) is 2.01. The maximum atomic E-state index is 12.6. The lowest BCUT2D eigenvalue weighted by Gasteiger charge is -2.53. The van der Waals surface area contributed by atoms with Gasteiger partial charge in [0.25, 0.3) is 5.91 Å². The molecular formula is C15H22F2N4O2. The molecule has 0 unspecified atom stereocenters. The zero-order valence-electron chi connectivity index (χ0n) is 13.2. The summed E-state index contributed by atoms with van der Waals surface area (Å²) in [6.45, 7) is -0.675. The van der Waals surface area contributed by atoms with E-state index in [1.807, 2.05) is 7.05 Å². The molecule has 0 radical (unpaired) electrons. The van der Waals surface area contributed by atoms with Crippen molar-refractivity contribution in [3.63, 3.8) is 0 Å². The molecule has 6 nitrogen and oxygen atoms in total. The van der Waals surface area contributed by atoms with E-state index in [1.165, 1.54) is 6.07 Å². The Kier molecular flexibility index (Phi) is 4.37. The van der Waals surface area contributed by atoms with Crippen LogP contribution in [0, 0.1) is 5.41 Å². The van der Waals surface area contributed by atoms with Gasteiger partial charge in [0.05, 0.1) is 6.61 Å². The third-order valence-electron chi connectivity index (χ3n) is 5.33. The van der Waals surface area contributed by atoms with Gasteiger partial charge in [-0.2, -0.15) is 13.9 Å². The highest BCUT2D eigenvalue weighted by atomic mass is 19.3. The number of aliphatic hydroxyl groups excluding tert-OH is 1. The average molecular weight is 328 g/mol. The van der Waals surface area contributed by atoms with Gasteiger partial charge in [0.15, 0.2) is 5.69 Å². The summed E-state index contributed by atoms with van der Waals surface area (Å²) in [6.07, 6.45) is 3.84. The van der Waals surface area contributed by atoms with Crippen LogP contribution in [-0.4, -0.2) is 69.9 Å². The van der Waals surface area contributed by atoms with Gasteiger partial charge >= 0.3 is 6.55 Å². The molecule has 2 saturated heterocycles. The van der Waals surface area contributed by atoms with E-state index in [-0.39, 0.29) is 29.7 Å². The highest BCUT2D eigenvalue weighted by molar-refractivity contribution is 5.92. The van der Waals surface area contributed by atoms with Crippen molar-refractivity contribution in [3.05, 3.63) is 18.0 Å². The molecule has 0 saturated carbocycles. The lowest BCUT2D eigenvalue weighted by molar-refractivity contribution is -0.0602. The Morgan fingerprint density at radius 3 is 2.91 bits per heavy atom. The molecule has 2 aliphatic rings. The van der Waals surface area contributed by atoms with Crippen LogP contribution in [0.25, 0.3) is 0 Å². The maximum Gasteiger partial charge on any atom is 0.333 e. The van der Waals surface area contributed by atoms with Gasteiger partial charge in [0.1, 0.15) is 0 Å². The standard InChI is InChI=1S/C15H22F2N4O2/c1-19-6-2-4-15(10-22)5-8-20(9-12(15)19)13(23)11-3-7-21(18-11)14(16)17/h3,7,12,14,22H,2,4-6,8-10H2,1H3/t12-,15-/m1/s1. The first-order valence-corrected chi connectivity index (χ1v) is 7.90. The predicted octanol–water partition coefficient (Wildman–Crippen LogP) is 1.20. The molecule has 1 aromatic rings. The van der Waals surface area contributed by atoms with Crippen LogP contribution >= 0.6 is 0 Å². The highest BCUT2D eigenvalue weighted by Gasteiger charge is 2.47. The molecule has 0 bridgehead atoms. The van der Waals surface area contributed by atoms with E-state index in [0.717, 1.165) is 32.0 Å². The Morgan fingerprint density at radius 2 is 2.26 bits per heavy atom. The van der Waals surface area contributed by atoms with E-state index in [9.17, 15) is 18.7 Å². The number of aliphatic hydroxyl groups is 1. The van der Waals surface area contributed by atoms with Gasteiger partial charge in [-0.15, -0.1) is 0 Å². The van der Waals surface area contributed by atoms with Crippen molar-refractivity contribution < 1.29 is 18.7 Å². The Hall–Kier alpha value is -1.54. The second-order valence-corrected chi connectivity index (χ2v) is 6.58. The number of piperidine rings is 2. The number of carbonyl (C=O) groups excluding carboxylic acids is 1. The van der Waals surface area contributed by atoms with E-state index < -0.39 is 6.55 Å². The number of alkyl halides is 2. The number of fused-ring (bicyclic) bond motifs is 1. The summed E-state index contributed by atoms with van der Waals surface area (Å²) in [5.41, 5.74) is -0.119. The molecule has 128 valence electrons. The van der Waals surface area contributed by atoms with Crippen molar-refractivity contribution in [2.75, 3.05) is 33.3 Å². The van der Waals surface area contributed by atoms with Crippen LogP contribution in [-0.2, 0) is 0 Å². The number of likely N-dealkylation sites (tertiary alicyclic amines) is 2. The maximum absolute atomic E-state index is 12.6. The van der Waals surface area contributed by atoms with E-state index in [0.29, 0.717) is 17.8 Å². The fraction of sp³-hybridized carbons (Fsp3) is 0.733. The minimum atomic E-state index is -2.75. The largest absolute Gasteiger partial charge is 0.396 e. The number of likely N-dealkylation sites (N-methyl/N-ethyl adjacent to an activating group) is 1. The molecule has 2 aliphatic heterocycles. The van der Waals surface area contributed by atoms with Crippen LogP contribution in [0.2, 0.25) is 0 Å². The molecule has 2 atom stereocenters. The molecule has 0 aromatic carbocycles. The van der Waals surface area contributed by atoms with Gasteiger partial charge in [-0.05, 0) is 38.9 Å². The first-order chi connectivity index (χ1) is 11.0. The topological polar surface area (TPSA) is 61.6 Å². The van der Waals surface area contributed by atoms with Gasteiger partial charge in [-0.3, -0.25) is 4.79 Å². The number of nitrogens with zero attached hydrogens (tertiary/aromatic N) is 4. The Labute approximate surface area is 133 Å². The van der Waals surface area contributed by atoms with Gasteiger partial charge in [0.2, 0.25) is 0 Å². The number of amides is 1. The van der Waals surface area contributed by atoms with E-state index >= 15 is 0 Å². The van der Waals surface area contributed by atoms with Crippen LogP contribution in [0.4, 0.5) is 8.78 Å². The van der Waals surface area contributed by atoms with E-state index in [1.54, 1.807) is 4.90 Å². The molecule has 3 rings (SSSR count). The summed E-state index contributed by atoms with van der Waals surface area (Å²) in [5, 5.41) is 13.5. The number of rotatable bonds is 3. The van der Waals surface area contributed by atoms with Crippen LogP contribution in [0.1, 0.15) is 36.3 Å². The number of hydrogen-bond donors (Lipinski definition) is 1. The summed E-state index contributed by atoms with van der Waals surface area (Å²) in [4.78, 5) is 16.4. The zero-order valence-corrected chi connectivity index (χ0v) is 13.2. The van der Waals surface area contributed by atoms with Crippen molar-refractivity contribution in [1.29, 1.82) is 0 Å². The van der Waals surface area contributed by atoms with Crippen molar-refractivity contribution in [2.45, 2.75) is 31.9 Å². The molecular weight excluding hydrogens is 306 g/mol. The first-order valence-electron chi connectivity index (χ1n) is 7.90. The van der Waals surface area contributed by atoms with Gasteiger partial charge in [-0.25, -0.2) is 4.68 Å². The van der Waals surface area contributed by atoms with Gasteiger partial charge < -0.3 is 14.9 Å². The third-order valence-corrected chi connectivity index (χ3v) is 5.33. The summed E-state index contributed by atoms with van der Waals surface area (Å²) in [5.74, 6) is -0.324. The number of aromatic nitrogens is 2. The quantitative estimate of drug-likeness (QED) is 0.906. The lowest BCUT2D eigenvalue weighted by Crippen LogP contribution is -2.62. The molecule has 1 amide bonds. The van der Waals surface area contributed by atoms with Crippen LogP contribution < -0.4 is 0 Å². The summed E-state index contributed by atoms with van der Waals surface area (Å²) >= 11 is 0. The van der Waals surface area contributed by atoms with Crippen molar-refractivity contribution >= 4 is 5.91 Å². The first kappa shape index (κ1) is 16.3. The summed E-state index contributed by atoms with van der Waals surface area (Å²) < 4.78 is 25.7. The van der Waals surface area contributed by atoms with Crippen molar-refractivity contribution in [2.24, 2.45) is 5.41 Å². The Balaban J connectivity index is 1.76. The lowest BCUT2D eigenvalue weighted by atomic mass is 9.69. The predicted molar refractivity (Wildman–Crippen MR) is 79.2 cm³/mol. The Morgan fingerprint density at radius 1 is 1.48 bits per heavy atom. The fourth-order valence-electron chi connectivity index (χ4n) is 3.92. The normalized spacial score (nSPS) is 28.9. The Bertz CT molecular complexity index is 580. The molecule has 0 spiro atoms. The SMILES string of the molecule is CN1CCC[C@]2(CO)CCN(C(=O)c3ccn(C(F)F)n3)C[C@@H]12. The van der Waals surface area contributed by atoms with Crippen LogP contribution in [0.5, 0.6) is 0 Å². The molecule has 8 heteroatoms. The minimum absolute atomic E-state index is 0.0419. The van der Waals surface area contributed by atoms with Crippen LogP contribution in [0.3, 0.4) is 0 Å². The fourth-order valence-corrected chi connectivity index (χ4v) is 3.92. The molecule has 1 aromatic heterocycles. The van der Waals surface area contributed by atoms with Crippen molar-refractivity contribution in [1.82, 2.24) is 19.6 Å². The van der Waals surface area contributed by atoms with Crippen molar-refractivity contribution in [3.8, 4) is 0 Å². The number of carbonyl (C=O) groups is 1. The third kappa shape index (κ3) is 2.85. The molecule has 1 N–H and O–H groups in total. The second-order valence-electron chi connectivity index (χ2n) is 6.58. The van der Waals surface area contributed by atoms with Crippen LogP contribution in [0.15, 0.2) is 12.3 Å². The van der Waals surface area contributed by atoms with Gasteiger partial charge in [0, 0.05) is 30.7 Å². The second kappa shape index (κ2) is 6.16. The monoisotopic (exact) mass is 328 g/mol. The number of hydrogen-bond acceptors (Lipinski definition) is 4. The average Bonchev–Trinajstić information content (AvgIpc) is 3.04. The molecule has 0 aliphatic carbocycles. The summed E-state index contributed by atoms with van der Waals surface area (Å²) in [6, 6.07) is 1.42. The van der Waals surface area contributed by atoms with E-state index in [4.69, 9.17) is 0 Å². The molecule has 2 fully saturated rings. The number of halogens is 2.